The van der Waals surface area contributed by atoms with Crippen LogP contribution in [0.25, 0.3) is 10.8 Å². The highest BCUT2D eigenvalue weighted by Crippen LogP contribution is 2.25. The van der Waals surface area contributed by atoms with Gasteiger partial charge in [-0.3, -0.25) is 9.59 Å². The van der Waals surface area contributed by atoms with E-state index in [1.807, 2.05) is 42.5 Å². The third-order valence-corrected chi connectivity index (χ3v) is 5.54. The molecule has 0 saturated carbocycles. The Hall–Kier alpha value is -3.38. The van der Waals surface area contributed by atoms with Crippen molar-refractivity contribution >= 4 is 58.2 Å². The lowest BCUT2D eigenvalue weighted by molar-refractivity contribution is -0.126. The van der Waals surface area contributed by atoms with Crippen molar-refractivity contribution in [3.63, 3.8) is 0 Å². The average molecular weight is 552 g/mol. The molecule has 3 aromatic rings. The normalized spacial score (nSPS) is 11.9. The molecule has 1 atom stereocenters. The van der Waals surface area contributed by atoms with Crippen molar-refractivity contribution in [3.05, 3.63) is 53.3 Å². The molecule has 0 spiro atoms. The molecule has 0 fully saturated rings. The number of nitrogens with one attached hydrogen (secondary N) is 3. The third kappa shape index (κ3) is 8.05. The van der Waals surface area contributed by atoms with E-state index in [-0.39, 0.29) is 54.6 Å². The number of halogens is 2. The van der Waals surface area contributed by atoms with Gasteiger partial charge in [0.1, 0.15) is 24.0 Å². The van der Waals surface area contributed by atoms with Crippen molar-refractivity contribution in [2.75, 3.05) is 37.7 Å². The summed E-state index contributed by atoms with van der Waals surface area (Å²) in [7, 11) is 0. The summed E-state index contributed by atoms with van der Waals surface area (Å²) in [5.41, 5.74) is 9.71. The molecule has 37 heavy (non-hydrogen) atoms. The fourth-order valence-electron chi connectivity index (χ4n) is 3.33. The van der Waals surface area contributed by atoms with E-state index in [0.29, 0.717) is 12.3 Å². The number of nitrogens with two attached hydrogens (primary N) is 2. The fourth-order valence-corrected chi connectivity index (χ4v) is 3.46. The molecule has 3 rings (SSSR count). The molecule has 1 unspecified atom stereocenters. The Kier molecular flexibility index (Phi) is 10.7. The van der Waals surface area contributed by atoms with Crippen LogP contribution in [0.1, 0.15) is 24.3 Å². The van der Waals surface area contributed by atoms with Crippen LogP contribution >= 0.6 is 24.0 Å². The monoisotopic (exact) mass is 551 g/mol. The summed E-state index contributed by atoms with van der Waals surface area (Å²) >= 11 is 5.81. The topological polar surface area (TPSA) is 178 Å². The first-order chi connectivity index (χ1) is 17.1. The Bertz CT molecular complexity index is 1240. The maximum atomic E-state index is 12.6. The molecule has 13 heteroatoms. The van der Waals surface area contributed by atoms with Crippen LogP contribution in [0.2, 0.25) is 5.15 Å². The number of fused-ring (bicyclic) bond motifs is 1. The predicted octanol–water partition coefficient (Wildman–Crippen LogP) is 1.52. The Morgan fingerprint density at radius 3 is 2.54 bits per heavy atom. The smallest absolute Gasteiger partial charge is 0.274 e. The second-order valence-corrected chi connectivity index (χ2v) is 8.97. The summed E-state index contributed by atoms with van der Waals surface area (Å²) in [4.78, 5) is 32.7. The Labute approximate surface area is 225 Å². The van der Waals surface area contributed by atoms with Crippen molar-refractivity contribution < 1.29 is 19.4 Å². The number of nitrogen functional groups attached to an aromatic ring is 2. The zero-order valence-corrected chi connectivity index (χ0v) is 22.0. The van der Waals surface area contributed by atoms with E-state index in [1.54, 1.807) is 0 Å². The fraction of sp³-hybridized carbons (Fsp3) is 0.333. The first-order valence-corrected chi connectivity index (χ1v) is 11.6. The summed E-state index contributed by atoms with van der Waals surface area (Å²) in [6.45, 7) is 4.12. The second-order valence-electron chi connectivity index (χ2n) is 8.61. The lowest BCUT2D eigenvalue weighted by atomic mass is 10.0. The number of nitrogens with zero attached hydrogens (tertiary/aromatic N) is 2. The summed E-state index contributed by atoms with van der Waals surface area (Å²) in [6.07, 6.45) is -0.742. The van der Waals surface area contributed by atoms with Gasteiger partial charge in [-0.25, -0.2) is 9.97 Å². The number of rotatable bonds is 11. The van der Waals surface area contributed by atoms with Crippen LogP contribution in [-0.4, -0.2) is 64.8 Å². The van der Waals surface area contributed by atoms with Gasteiger partial charge in [0.15, 0.2) is 22.5 Å². The lowest BCUT2D eigenvalue weighted by Crippen LogP contribution is -2.55. The molecule has 1 heterocycles. The van der Waals surface area contributed by atoms with Crippen molar-refractivity contribution in [2.45, 2.75) is 25.5 Å². The number of hydrogen-bond donors (Lipinski definition) is 6. The van der Waals surface area contributed by atoms with Gasteiger partial charge in [0.05, 0.1) is 0 Å². The maximum Gasteiger partial charge on any atom is 0.274 e. The SMILES string of the molecule is CC(C)(NC(=O)c1nc(Cl)c(N)nc1N)C(=O)NCCNCC(O)COc1cccc2ccccc12.Cl. The molecule has 0 radical (unpaired) electrons. The third-order valence-electron chi connectivity index (χ3n) is 5.26. The number of carbonyl (C=O) groups excluding carboxylic acids is 2. The standard InChI is InChI=1S/C24H30ClN7O4.ClH/c1-24(2,32-22(34)18-20(26)31-21(27)19(25)30-18)23(35)29-11-10-28-12-15(33)13-36-17-9-5-7-14-6-3-4-8-16(14)17;/h3-9,15,28,33H,10-13H2,1-2H3,(H,29,35)(H,32,34)(H4,26,27,31);1H. The van der Waals surface area contributed by atoms with E-state index >= 15 is 0 Å². The molecular formula is C24H31Cl2N7O4. The molecule has 11 nitrogen and oxygen atoms in total. The van der Waals surface area contributed by atoms with Crippen LogP contribution in [0.15, 0.2) is 42.5 Å². The number of ether oxygens (including phenoxy) is 1. The molecule has 0 aliphatic heterocycles. The van der Waals surface area contributed by atoms with Gasteiger partial charge >= 0.3 is 0 Å². The first-order valence-electron chi connectivity index (χ1n) is 11.3. The maximum absolute atomic E-state index is 12.6. The summed E-state index contributed by atoms with van der Waals surface area (Å²) in [5.74, 6) is -0.726. The number of aliphatic hydroxyl groups excluding tert-OH is 1. The molecule has 1 aromatic heterocycles. The van der Waals surface area contributed by atoms with Gasteiger partial charge in [0.25, 0.3) is 5.91 Å². The highest BCUT2D eigenvalue weighted by molar-refractivity contribution is 6.31. The Balaban J connectivity index is 0.00000481. The van der Waals surface area contributed by atoms with Gasteiger partial charge in [0.2, 0.25) is 5.91 Å². The van der Waals surface area contributed by atoms with Crippen molar-refractivity contribution in [2.24, 2.45) is 0 Å². The highest BCUT2D eigenvalue weighted by atomic mass is 35.5. The quantitative estimate of drug-likeness (QED) is 0.193. The van der Waals surface area contributed by atoms with Gasteiger partial charge in [-0.2, -0.15) is 0 Å². The van der Waals surface area contributed by atoms with Crippen LogP contribution in [-0.2, 0) is 4.79 Å². The number of carbonyl (C=O) groups is 2. The lowest BCUT2D eigenvalue weighted by Gasteiger charge is -2.25. The van der Waals surface area contributed by atoms with Crippen LogP contribution in [0, 0.1) is 0 Å². The first kappa shape index (κ1) is 29.8. The van der Waals surface area contributed by atoms with E-state index in [9.17, 15) is 14.7 Å². The minimum Gasteiger partial charge on any atom is -0.490 e. The number of anilines is 2. The van der Waals surface area contributed by atoms with E-state index in [4.69, 9.17) is 27.8 Å². The molecule has 0 saturated heterocycles. The van der Waals surface area contributed by atoms with Gasteiger partial charge < -0.3 is 37.3 Å². The molecule has 0 aliphatic rings. The van der Waals surface area contributed by atoms with Crippen molar-refractivity contribution in [1.29, 1.82) is 0 Å². The van der Waals surface area contributed by atoms with E-state index < -0.39 is 23.5 Å². The number of benzene rings is 2. The second kappa shape index (κ2) is 13.2. The summed E-state index contributed by atoms with van der Waals surface area (Å²) in [5, 5.41) is 20.4. The minimum absolute atomic E-state index is 0. The van der Waals surface area contributed by atoms with E-state index in [2.05, 4.69) is 25.9 Å². The highest BCUT2D eigenvalue weighted by Gasteiger charge is 2.31. The van der Waals surface area contributed by atoms with Crippen LogP contribution < -0.4 is 32.2 Å². The zero-order valence-electron chi connectivity index (χ0n) is 20.5. The molecule has 2 aromatic carbocycles. The van der Waals surface area contributed by atoms with Gasteiger partial charge in [0, 0.05) is 25.0 Å². The number of aromatic nitrogens is 2. The van der Waals surface area contributed by atoms with Gasteiger partial charge in [-0.05, 0) is 25.3 Å². The molecular weight excluding hydrogens is 521 g/mol. The van der Waals surface area contributed by atoms with Crippen molar-refractivity contribution in [3.8, 4) is 5.75 Å². The van der Waals surface area contributed by atoms with Gasteiger partial charge in [-0.1, -0.05) is 48.0 Å². The summed E-state index contributed by atoms with van der Waals surface area (Å²) in [6, 6.07) is 13.6. The summed E-state index contributed by atoms with van der Waals surface area (Å²) < 4.78 is 5.78. The van der Waals surface area contributed by atoms with Gasteiger partial charge in [-0.15, -0.1) is 12.4 Å². The number of aliphatic hydroxyl groups is 1. The van der Waals surface area contributed by atoms with Crippen LogP contribution in [0.3, 0.4) is 0 Å². The zero-order chi connectivity index (χ0) is 26.3. The molecule has 8 N–H and O–H groups in total. The largest absolute Gasteiger partial charge is 0.490 e. The average Bonchev–Trinajstić information content (AvgIpc) is 2.84. The van der Waals surface area contributed by atoms with Crippen LogP contribution in [0.5, 0.6) is 5.75 Å². The van der Waals surface area contributed by atoms with Crippen molar-refractivity contribution in [1.82, 2.24) is 25.9 Å². The van der Waals surface area contributed by atoms with E-state index in [0.717, 1.165) is 10.8 Å². The number of hydrogen-bond acceptors (Lipinski definition) is 9. The van der Waals surface area contributed by atoms with Crippen LogP contribution in [0.4, 0.5) is 11.6 Å². The predicted molar refractivity (Wildman–Crippen MR) is 146 cm³/mol. The van der Waals surface area contributed by atoms with E-state index in [1.165, 1.54) is 13.8 Å². The Morgan fingerprint density at radius 1 is 1.08 bits per heavy atom. The molecule has 0 aliphatic carbocycles. The minimum atomic E-state index is -1.27. The molecule has 200 valence electrons. The number of amides is 2. The molecule has 0 bridgehead atoms. The molecule has 2 amide bonds. The Morgan fingerprint density at radius 2 is 1.78 bits per heavy atom.